The Hall–Kier alpha value is -1.16. The second-order valence-electron chi connectivity index (χ2n) is 3.81. The second-order valence-corrected chi connectivity index (χ2v) is 3.81. The number of nitrogens with two attached hydrogens (primary N) is 1. The lowest BCUT2D eigenvalue weighted by atomic mass is 10.2. The minimum absolute atomic E-state index is 0.233. The summed E-state index contributed by atoms with van der Waals surface area (Å²) in [6.07, 6.45) is -1.60. The molecule has 0 fully saturated rings. The van der Waals surface area contributed by atoms with Crippen LogP contribution in [0.2, 0.25) is 0 Å². The zero-order valence-electron chi connectivity index (χ0n) is 9.50. The molecular weight excluding hydrogens is 210 g/mol. The van der Waals surface area contributed by atoms with Crippen LogP contribution in [0.1, 0.15) is 12.0 Å². The van der Waals surface area contributed by atoms with Gasteiger partial charge in [-0.3, -0.25) is 0 Å². The normalized spacial score (nSPS) is 10.8. The van der Waals surface area contributed by atoms with Crippen LogP contribution in [0.3, 0.4) is 0 Å². The van der Waals surface area contributed by atoms with Crippen molar-refractivity contribution in [2.45, 2.75) is 19.8 Å². The molecule has 0 aromatic heterocycles. The van der Waals surface area contributed by atoms with Gasteiger partial charge in [0, 0.05) is 12.2 Å². The third kappa shape index (κ3) is 4.14. The summed E-state index contributed by atoms with van der Waals surface area (Å²) in [4.78, 5) is 1.68. The van der Waals surface area contributed by atoms with Crippen molar-refractivity contribution in [2.75, 3.05) is 24.5 Å². The Morgan fingerprint density at radius 3 is 2.38 bits per heavy atom. The van der Waals surface area contributed by atoms with Crippen molar-refractivity contribution in [1.29, 1.82) is 0 Å². The Morgan fingerprint density at radius 1 is 1.25 bits per heavy atom. The third-order valence-electron chi connectivity index (χ3n) is 2.39. The molecule has 0 unspecified atom stereocenters. The predicted molar refractivity (Wildman–Crippen MR) is 63.1 cm³/mol. The standard InChI is InChI=1S/C12H18F2N2/c1-10-3-5-11(6-4-10)16(8-2-7-15)9-12(13)14/h3-6,12H,2,7-9,15H2,1H3. The Morgan fingerprint density at radius 2 is 1.88 bits per heavy atom. The average molecular weight is 228 g/mol. The first kappa shape index (κ1) is 12.9. The summed E-state index contributed by atoms with van der Waals surface area (Å²) in [5, 5.41) is 0. The Bertz CT molecular complexity index is 298. The van der Waals surface area contributed by atoms with Gasteiger partial charge in [0.15, 0.2) is 0 Å². The first-order valence-corrected chi connectivity index (χ1v) is 5.43. The highest BCUT2D eigenvalue weighted by molar-refractivity contribution is 5.47. The van der Waals surface area contributed by atoms with Crippen LogP contribution in [0.5, 0.6) is 0 Å². The Labute approximate surface area is 95.1 Å². The van der Waals surface area contributed by atoms with E-state index in [0.29, 0.717) is 13.1 Å². The zero-order valence-corrected chi connectivity index (χ0v) is 9.50. The summed E-state index contributed by atoms with van der Waals surface area (Å²) >= 11 is 0. The van der Waals surface area contributed by atoms with Gasteiger partial charge in [-0.1, -0.05) is 17.7 Å². The van der Waals surface area contributed by atoms with E-state index in [1.54, 1.807) is 4.90 Å². The quantitative estimate of drug-likeness (QED) is 0.810. The Balaban J connectivity index is 2.70. The minimum atomic E-state index is -2.32. The van der Waals surface area contributed by atoms with Crippen LogP contribution >= 0.6 is 0 Å². The molecule has 1 rings (SSSR count). The maximum atomic E-state index is 12.4. The molecule has 1 aromatic rings. The molecule has 2 nitrogen and oxygen atoms in total. The fraction of sp³-hybridized carbons (Fsp3) is 0.500. The van der Waals surface area contributed by atoms with E-state index < -0.39 is 6.43 Å². The van der Waals surface area contributed by atoms with Crippen LogP contribution in [0.25, 0.3) is 0 Å². The highest BCUT2D eigenvalue weighted by Gasteiger charge is 2.11. The molecule has 0 amide bonds. The van der Waals surface area contributed by atoms with Crippen LogP contribution in [-0.4, -0.2) is 26.1 Å². The van der Waals surface area contributed by atoms with E-state index in [4.69, 9.17) is 5.73 Å². The third-order valence-corrected chi connectivity index (χ3v) is 2.39. The molecule has 0 radical (unpaired) electrons. The van der Waals surface area contributed by atoms with E-state index >= 15 is 0 Å². The molecule has 0 aliphatic carbocycles. The molecule has 2 N–H and O–H groups in total. The number of rotatable bonds is 6. The van der Waals surface area contributed by atoms with Crippen molar-refractivity contribution in [1.82, 2.24) is 0 Å². The van der Waals surface area contributed by atoms with E-state index in [1.807, 2.05) is 31.2 Å². The lowest BCUT2D eigenvalue weighted by Gasteiger charge is -2.24. The minimum Gasteiger partial charge on any atom is -0.366 e. The van der Waals surface area contributed by atoms with Gasteiger partial charge in [-0.25, -0.2) is 8.78 Å². The van der Waals surface area contributed by atoms with Gasteiger partial charge in [-0.15, -0.1) is 0 Å². The number of nitrogens with zero attached hydrogens (tertiary/aromatic N) is 1. The Kier molecular flexibility index (Phi) is 5.19. The van der Waals surface area contributed by atoms with Crippen molar-refractivity contribution in [3.63, 3.8) is 0 Å². The van der Waals surface area contributed by atoms with Gasteiger partial charge in [0.1, 0.15) is 0 Å². The number of alkyl halides is 2. The van der Waals surface area contributed by atoms with Crippen molar-refractivity contribution in [2.24, 2.45) is 5.73 Å². The molecule has 90 valence electrons. The maximum absolute atomic E-state index is 12.4. The van der Waals surface area contributed by atoms with E-state index in [9.17, 15) is 8.78 Å². The van der Waals surface area contributed by atoms with E-state index in [1.165, 1.54) is 0 Å². The molecule has 0 heterocycles. The summed E-state index contributed by atoms with van der Waals surface area (Å²) in [5.74, 6) is 0. The van der Waals surface area contributed by atoms with Crippen molar-refractivity contribution in [3.8, 4) is 0 Å². The molecule has 0 spiro atoms. The van der Waals surface area contributed by atoms with Gasteiger partial charge in [0.25, 0.3) is 6.43 Å². The summed E-state index contributed by atoms with van der Waals surface area (Å²) in [7, 11) is 0. The number of hydrogen-bond donors (Lipinski definition) is 1. The van der Waals surface area contributed by atoms with Crippen molar-refractivity contribution < 1.29 is 8.78 Å². The van der Waals surface area contributed by atoms with Crippen LogP contribution in [0.4, 0.5) is 14.5 Å². The first-order chi connectivity index (χ1) is 7.63. The molecule has 0 saturated heterocycles. The van der Waals surface area contributed by atoms with Gasteiger partial charge in [0.2, 0.25) is 0 Å². The molecule has 0 aliphatic rings. The van der Waals surface area contributed by atoms with Gasteiger partial charge < -0.3 is 10.6 Å². The summed E-state index contributed by atoms with van der Waals surface area (Å²) < 4.78 is 24.8. The highest BCUT2D eigenvalue weighted by atomic mass is 19.3. The number of aryl methyl sites for hydroxylation is 1. The SMILES string of the molecule is Cc1ccc(N(CCCN)CC(F)F)cc1. The summed E-state index contributed by atoms with van der Waals surface area (Å²) in [6, 6.07) is 7.59. The average Bonchev–Trinajstić information content (AvgIpc) is 2.25. The lowest BCUT2D eigenvalue weighted by molar-refractivity contribution is 0.154. The fourth-order valence-electron chi connectivity index (χ4n) is 1.53. The van der Waals surface area contributed by atoms with Gasteiger partial charge >= 0.3 is 0 Å². The molecule has 16 heavy (non-hydrogen) atoms. The largest absolute Gasteiger partial charge is 0.366 e. The summed E-state index contributed by atoms with van der Waals surface area (Å²) in [6.45, 7) is 2.83. The number of anilines is 1. The van der Waals surface area contributed by atoms with Crippen LogP contribution in [-0.2, 0) is 0 Å². The van der Waals surface area contributed by atoms with Crippen LogP contribution < -0.4 is 10.6 Å². The van der Waals surface area contributed by atoms with Gasteiger partial charge in [-0.05, 0) is 32.0 Å². The van der Waals surface area contributed by atoms with E-state index in [-0.39, 0.29) is 6.54 Å². The highest BCUT2D eigenvalue weighted by Crippen LogP contribution is 2.16. The fourth-order valence-corrected chi connectivity index (χ4v) is 1.53. The monoisotopic (exact) mass is 228 g/mol. The molecular formula is C12H18F2N2. The second kappa shape index (κ2) is 6.43. The summed E-state index contributed by atoms with van der Waals surface area (Å²) in [5.41, 5.74) is 7.35. The lowest BCUT2D eigenvalue weighted by Crippen LogP contribution is -2.30. The molecule has 1 aromatic carbocycles. The van der Waals surface area contributed by atoms with E-state index in [2.05, 4.69) is 0 Å². The topological polar surface area (TPSA) is 29.3 Å². The van der Waals surface area contributed by atoms with Crippen molar-refractivity contribution >= 4 is 5.69 Å². The first-order valence-electron chi connectivity index (χ1n) is 5.43. The molecule has 0 aliphatic heterocycles. The van der Waals surface area contributed by atoms with E-state index in [0.717, 1.165) is 17.7 Å². The predicted octanol–water partition coefficient (Wildman–Crippen LogP) is 2.42. The maximum Gasteiger partial charge on any atom is 0.255 e. The number of hydrogen-bond acceptors (Lipinski definition) is 2. The number of benzene rings is 1. The van der Waals surface area contributed by atoms with Crippen molar-refractivity contribution in [3.05, 3.63) is 29.8 Å². The smallest absolute Gasteiger partial charge is 0.255 e. The molecule has 0 bridgehead atoms. The van der Waals surface area contributed by atoms with Gasteiger partial charge in [0.05, 0.1) is 6.54 Å². The molecule has 0 saturated carbocycles. The molecule has 4 heteroatoms. The molecule has 0 atom stereocenters. The van der Waals surface area contributed by atoms with Crippen LogP contribution in [0.15, 0.2) is 24.3 Å². The number of halogens is 2. The van der Waals surface area contributed by atoms with Crippen LogP contribution in [0, 0.1) is 6.92 Å². The van der Waals surface area contributed by atoms with Gasteiger partial charge in [-0.2, -0.15) is 0 Å². The zero-order chi connectivity index (χ0) is 12.0.